The zero-order chi connectivity index (χ0) is 5.86. The number of thiol groups is 1. The zero-order valence-electron chi connectivity index (χ0n) is 4.13. The molecule has 0 bridgehead atoms. The van der Waals surface area contributed by atoms with Crippen LogP contribution in [0.25, 0.3) is 0 Å². The Bertz CT molecular complexity index is 49.0. The highest BCUT2D eigenvalue weighted by atomic mass is 79.9. The number of aliphatic hydroxyl groups is 1. The third-order valence-electron chi connectivity index (χ3n) is 0.717. The van der Waals surface area contributed by atoms with E-state index in [0.29, 0.717) is 4.83 Å². The fourth-order valence-corrected chi connectivity index (χ4v) is 0.312. The molecule has 1 nitrogen and oxygen atoms in total. The maximum atomic E-state index is 8.40. The smallest absolute Gasteiger partial charge is 0.0558 e. The molecule has 0 saturated heterocycles. The first-order valence-corrected chi connectivity index (χ1v) is 3.54. The van der Waals surface area contributed by atoms with Crippen molar-refractivity contribution in [1.29, 1.82) is 0 Å². The molecule has 0 aromatic heterocycles. The molecule has 0 aliphatic heterocycles. The van der Waals surface area contributed by atoms with E-state index in [2.05, 4.69) is 28.6 Å². The largest absolute Gasteiger partial charge is 0.395 e. The van der Waals surface area contributed by atoms with Gasteiger partial charge in [-0.3, -0.25) is 0 Å². The predicted octanol–water partition coefficient (Wildman–Crippen LogP) is 1.06. The molecule has 7 heavy (non-hydrogen) atoms. The van der Waals surface area contributed by atoms with Crippen LogP contribution in [-0.4, -0.2) is 21.8 Å². The molecule has 0 rings (SSSR count). The van der Waals surface area contributed by atoms with E-state index in [4.69, 9.17) is 5.11 Å². The summed E-state index contributed by atoms with van der Waals surface area (Å²) in [5.41, 5.74) is 0. The lowest BCUT2D eigenvalue weighted by Crippen LogP contribution is -2.14. The highest BCUT2D eigenvalue weighted by Crippen LogP contribution is 2.08. The Labute approximate surface area is 57.7 Å². The van der Waals surface area contributed by atoms with E-state index in [-0.39, 0.29) is 11.9 Å². The number of rotatable bonds is 2. The minimum absolute atomic E-state index is 0.0694. The first-order chi connectivity index (χ1) is 3.18. The van der Waals surface area contributed by atoms with E-state index in [1.165, 1.54) is 0 Å². The van der Waals surface area contributed by atoms with E-state index in [9.17, 15) is 0 Å². The number of alkyl halides is 1. The van der Waals surface area contributed by atoms with Crippen LogP contribution < -0.4 is 0 Å². The summed E-state index contributed by atoms with van der Waals surface area (Å²) < 4.78 is 0. The minimum atomic E-state index is 0.0694. The van der Waals surface area contributed by atoms with Crippen LogP contribution in [-0.2, 0) is 0 Å². The van der Waals surface area contributed by atoms with Gasteiger partial charge in [0, 0.05) is 10.1 Å². The number of hydrogen-bond donors (Lipinski definition) is 2. The molecule has 0 fully saturated rings. The number of halogens is 1. The lowest BCUT2D eigenvalue weighted by atomic mass is 10.3. The Morgan fingerprint density at radius 1 is 1.86 bits per heavy atom. The van der Waals surface area contributed by atoms with Crippen molar-refractivity contribution >= 4 is 28.6 Å². The SMILES string of the molecule is CC(Br)C(S)CO. The zero-order valence-corrected chi connectivity index (χ0v) is 6.61. The van der Waals surface area contributed by atoms with Gasteiger partial charge in [-0.1, -0.05) is 22.9 Å². The Hall–Kier alpha value is 0.790. The molecule has 0 radical (unpaired) electrons. The van der Waals surface area contributed by atoms with Crippen LogP contribution in [0.4, 0.5) is 0 Å². The van der Waals surface area contributed by atoms with Gasteiger partial charge in [0.05, 0.1) is 6.61 Å². The molecule has 1 N–H and O–H groups in total. The van der Waals surface area contributed by atoms with Gasteiger partial charge in [-0.2, -0.15) is 12.6 Å². The molecular weight excluding hydrogens is 176 g/mol. The summed E-state index contributed by atoms with van der Waals surface area (Å²) in [7, 11) is 0. The van der Waals surface area contributed by atoms with E-state index < -0.39 is 0 Å². The van der Waals surface area contributed by atoms with Crippen molar-refractivity contribution in [2.24, 2.45) is 0 Å². The van der Waals surface area contributed by atoms with Gasteiger partial charge in [-0.15, -0.1) is 0 Å². The van der Waals surface area contributed by atoms with Gasteiger partial charge in [0.2, 0.25) is 0 Å². The molecule has 0 aromatic rings. The second-order valence-electron chi connectivity index (χ2n) is 1.43. The van der Waals surface area contributed by atoms with Crippen molar-refractivity contribution in [3.8, 4) is 0 Å². The van der Waals surface area contributed by atoms with Crippen molar-refractivity contribution in [1.82, 2.24) is 0 Å². The average Bonchev–Trinajstić information content (AvgIpc) is 1.65. The lowest BCUT2D eigenvalue weighted by molar-refractivity contribution is 0.295. The standard InChI is InChI=1S/C4H9BrOS/c1-3(5)4(7)2-6/h3-4,6-7H,2H2,1H3. The molecular formula is C4H9BrOS. The van der Waals surface area contributed by atoms with Crippen molar-refractivity contribution in [3.05, 3.63) is 0 Å². The Morgan fingerprint density at radius 2 is 2.29 bits per heavy atom. The molecule has 0 aliphatic carbocycles. The Kier molecular flexibility index (Phi) is 4.17. The van der Waals surface area contributed by atoms with Gasteiger partial charge in [-0.25, -0.2) is 0 Å². The molecule has 0 amide bonds. The molecule has 0 spiro atoms. The monoisotopic (exact) mass is 184 g/mol. The average molecular weight is 185 g/mol. The third kappa shape index (κ3) is 3.38. The minimum Gasteiger partial charge on any atom is -0.395 e. The topological polar surface area (TPSA) is 20.2 Å². The summed E-state index contributed by atoms with van der Waals surface area (Å²) in [6.07, 6.45) is 0. The maximum absolute atomic E-state index is 8.40. The summed E-state index contributed by atoms with van der Waals surface area (Å²) in [5.74, 6) is 0. The Balaban J connectivity index is 3.14. The molecule has 0 saturated carbocycles. The van der Waals surface area contributed by atoms with Crippen molar-refractivity contribution < 1.29 is 5.11 Å². The molecule has 0 heterocycles. The highest BCUT2D eigenvalue weighted by molar-refractivity contribution is 9.09. The lowest BCUT2D eigenvalue weighted by Gasteiger charge is -2.06. The summed E-state index contributed by atoms with van der Waals surface area (Å²) >= 11 is 7.29. The first kappa shape index (κ1) is 7.79. The maximum Gasteiger partial charge on any atom is 0.0558 e. The highest BCUT2D eigenvalue weighted by Gasteiger charge is 2.05. The normalized spacial score (nSPS) is 18.9. The van der Waals surface area contributed by atoms with Crippen LogP contribution in [0.5, 0.6) is 0 Å². The van der Waals surface area contributed by atoms with E-state index in [1.807, 2.05) is 6.92 Å². The molecule has 3 heteroatoms. The Morgan fingerprint density at radius 3 is 2.29 bits per heavy atom. The molecule has 2 unspecified atom stereocenters. The van der Waals surface area contributed by atoms with Crippen LogP contribution in [0.15, 0.2) is 0 Å². The number of aliphatic hydroxyl groups excluding tert-OH is 1. The third-order valence-corrected chi connectivity index (χ3v) is 2.37. The fraction of sp³-hybridized carbons (Fsp3) is 1.00. The molecule has 0 aliphatic rings. The first-order valence-electron chi connectivity index (χ1n) is 2.11. The van der Waals surface area contributed by atoms with E-state index >= 15 is 0 Å². The van der Waals surface area contributed by atoms with E-state index in [0.717, 1.165) is 0 Å². The van der Waals surface area contributed by atoms with Gasteiger partial charge in [0.25, 0.3) is 0 Å². The van der Waals surface area contributed by atoms with Gasteiger partial charge in [-0.05, 0) is 0 Å². The molecule has 0 aromatic carbocycles. The molecule has 2 atom stereocenters. The second kappa shape index (κ2) is 3.75. The van der Waals surface area contributed by atoms with Gasteiger partial charge in [0.1, 0.15) is 0 Å². The van der Waals surface area contributed by atoms with Crippen molar-refractivity contribution in [2.75, 3.05) is 6.61 Å². The summed E-state index contributed by atoms with van der Waals surface area (Å²) in [6, 6.07) is 0. The summed E-state index contributed by atoms with van der Waals surface area (Å²) in [5, 5.41) is 8.47. The summed E-state index contributed by atoms with van der Waals surface area (Å²) in [4.78, 5) is 0.292. The fourth-order valence-electron chi connectivity index (χ4n) is 0.145. The van der Waals surface area contributed by atoms with Gasteiger partial charge < -0.3 is 5.11 Å². The van der Waals surface area contributed by atoms with Gasteiger partial charge >= 0.3 is 0 Å². The van der Waals surface area contributed by atoms with Crippen LogP contribution >= 0.6 is 28.6 Å². The van der Waals surface area contributed by atoms with E-state index in [1.54, 1.807) is 0 Å². The van der Waals surface area contributed by atoms with Gasteiger partial charge in [0.15, 0.2) is 0 Å². The molecule has 44 valence electrons. The van der Waals surface area contributed by atoms with Crippen molar-refractivity contribution in [2.45, 2.75) is 17.0 Å². The van der Waals surface area contributed by atoms with Crippen LogP contribution in [0.2, 0.25) is 0 Å². The quantitative estimate of drug-likeness (QED) is 0.486. The van der Waals surface area contributed by atoms with Crippen LogP contribution in [0.3, 0.4) is 0 Å². The van der Waals surface area contributed by atoms with Crippen molar-refractivity contribution in [3.63, 3.8) is 0 Å². The summed E-state index contributed by atoms with van der Waals surface area (Å²) in [6.45, 7) is 2.09. The second-order valence-corrected chi connectivity index (χ2v) is 3.54. The predicted molar refractivity (Wildman–Crippen MR) is 38.2 cm³/mol. The van der Waals surface area contributed by atoms with Crippen LogP contribution in [0.1, 0.15) is 6.92 Å². The van der Waals surface area contributed by atoms with Crippen LogP contribution in [0, 0.1) is 0 Å². The number of hydrogen-bond acceptors (Lipinski definition) is 2.